The highest BCUT2D eigenvalue weighted by atomic mass is 32.2. The van der Waals surface area contributed by atoms with Gasteiger partial charge in [-0.3, -0.25) is 14.4 Å². The van der Waals surface area contributed by atoms with E-state index in [1.165, 1.54) is 4.90 Å². The highest BCUT2D eigenvalue weighted by molar-refractivity contribution is 7.99. The number of hydrogen-bond acceptors (Lipinski definition) is 5. The molecule has 0 saturated carbocycles. The summed E-state index contributed by atoms with van der Waals surface area (Å²) < 4.78 is 5.18. The van der Waals surface area contributed by atoms with Crippen LogP contribution in [0.25, 0.3) is 0 Å². The van der Waals surface area contributed by atoms with Crippen molar-refractivity contribution in [2.45, 2.75) is 30.7 Å². The smallest absolute Gasteiger partial charge is 0.307 e. The number of benzene rings is 2. The maximum atomic E-state index is 12.7. The minimum Gasteiger partial charge on any atom is -0.456 e. The Morgan fingerprint density at radius 2 is 1.86 bits per heavy atom. The van der Waals surface area contributed by atoms with Gasteiger partial charge in [-0.05, 0) is 31.2 Å². The van der Waals surface area contributed by atoms with E-state index in [-0.39, 0.29) is 37.3 Å². The molecule has 146 valence electrons. The quantitative estimate of drug-likeness (QED) is 0.596. The van der Waals surface area contributed by atoms with Crippen LogP contribution in [0.5, 0.6) is 0 Å². The van der Waals surface area contributed by atoms with Crippen LogP contribution in [0.2, 0.25) is 0 Å². The minimum atomic E-state index is -0.415. The number of esters is 1. The summed E-state index contributed by atoms with van der Waals surface area (Å²) in [6.45, 7) is 1.46. The van der Waals surface area contributed by atoms with Crippen molar-refractivity contribution in [3.8, 4) is 0 Å². The average Bonchev–Trinajstić information content (AvgIpc) is 2.81. The van der Waals surface area contributed by atoms with Crippen molar-refractivity contribution < 1.29 is 19.1 Å². The first-order valence-corrected chi connectivity index (χ1v) is 10.1. The zero-order valence-electron chi connectivity index (χ0n) is 15.6. The Morgan fingerprint density at radius 3 is 2.64 bits per heavy atom. The number of nitrogens with one attached hydrogen (secondary N) is 1. The first-order valence-electron chi connectivity index (χ1n) is 9.09. The molecule has 0 aliphatic carbocycles. The molecule has 2 aromatic carbocycles. The van der Waals surface area contributed by atoms with Gasteiger partial charge in [-0.15, -0.1) is 11.8 Å². The van der Waals surface area contributed by atoms with Gasteiger partial charge in [0.05, 0.1) is 17.8 Å². The van der Waals surface area contributed by atoms with Crippen LogP contribution in [0.4, 0.5) is 11.4 Å². The highest BCUT2D eigenvalue weighted by Crippen LogP contribution is 2.31. The summed E-state index contributed by atoms with van der Waals surface area (Å²) in [6.07, 6.45) is 0.404. The molecule has 6 nitrogen and oxygen atoms in total. The monoisotopic (exact) mass is 398 g/mol. The van der Waals surface area contributed by atoms with Crippen molar-refractivity contribution in [3.05, 3.63) is 54.6 Å². The van der Waals surface area contributed by atoms with Gasteiger partial charge in [-0.25, -0.2) is 0 Å². The standard InChI is InChI=1S/C21H22N2O4S/c1-15-13-19(24)22-17-9-5-6-10-18(17)23(15)20(25)14-27-21(26)11-12-28-16-7-3-2-4-8-16/h2-10,15H,11-14H2,1H3,(H,22,24)/t15-/m1/s1. The Balaban J connectivity index is 1.55. The molecule has 1 aliphatic heterocycles. The third-order valence-electron chi connectivity index (χ3n) is 4.30. The van der Waals surface area contributed by atoms with Crippen LogP contribution < -0.4 is 10.2 Å². The molecule has 28 heavy (non-hydrogen) atoms. The van der Waals surface area contributed by atoms with Gasteiger partial charge in [-0.2, -0.15) is 0 Å². The number of amides is 2. The highest BCUT2D eigenvalue weighted by Gasteiger charge is 2.29. The fraction of sp³-hybridized carbons (Fsp3) is 0.286. The lowest BCUT2D eigenvalue weighted by Crippen LogP contribution is -2.41. The Hall–Kier alpha value is -2.80. The number of ether oxygens (including phenoxy) is 1. The molecule has 1 aliphatic rings. The van der Waals surface area contributed by atoms with Gasteiger partial charge in [0.25, 0.3) is 5.91 Å². The Morgan fingerprint density at radius 1 is 1.14 bits per heavy atom. The van der Waals surface area contributed by atoms with Gasteiger partial charge in [-0.1, -0.05) is 30.3 Å². The zero-order valence-corrected chi connectivity index (χ0v) is 16.4. The van der Waals surface area contributed by atoms with E-state index in [2.05, 4.69) is 5.32 Å². The van der Waals surface area contributed by atoms with Crippen molar-refractivity contribution >= 4 is 40.9 Å². The summed E-state index contributed by atoms with van der Waals surface area (Å²) in [4.78, 5) is 39.3. The van der Waals surface area contributed by atoms with E-state index < -0.39 is 5.97 Å². The van der Waals surface area contributed by atoms with Crippen molar-refractivity contribution in [3.63, 3.8) is 0 Å². The third-order valence-corrected chi connectivity index (χ3v) is 5.32. The van der Waals surface area contributed by atoms with Crippen LogP contribution in [0.15, 0.2) is 59.5 Å². The molecular weight excluding hydrogens is 376 g/mol. The molecule has 2 aromatic rings. The minimum absolute atomic E-state index is 0.148. The first-order chi connectivity index (χ1) is 13.5. The Bertz CT molecular complexity index is 856. The van der Waals surface area contributed by atoms with Gasteiger partial charge >= 0.3 is 5.97 Å². The second-order valence-corrected chi connectivity index (χ2v) is 7.62. The summed E-state index contributed by atoms with van der Waals surface area (Å²) in [5.41, 5.74) is 1.19. The molecule has 3 rings (SSSR count). The van der Waals surface area contributed by atoms with Gasteiger partial charge in [0.1, 0.15) is 0 Å². The number of hydrogen-bond donors (Lipinski definition) is 1. The van der Waals surface area contributed by atoms with Crippen LogP contribution in [-0.4, -0.2) is 36.2 Å². The van der Waals surface area contributed by atoms with Crippen LogP contribution in [-0.2, 0) is 19.1 Å². The zero-order chi connectivity index (χ0) is 19.9. The van der Waals surface area contributed by atoms with Gasteiger partial charge in [0, 0.05) is 23.1 Å². The van der Waals surface area contributed by atoms with E-state index in [4.69, 9.17) is 4.74 Å². The molecule has 7 heteroatoms. The van der Waals surface area contributed by atoms with E-state index in [0.717, 1.165) is 4.90 Å². The molecule has 0 saturated heterocycles. The SMILES string of the molecule is C[C@@H]1CC(=O)Nc2ccccc2N1C(=O)COC(=O)CCSc1ccccc1. The number of anilines is 2. The maximum Gasteiger partial charge on any atom is 0.307 e. The van der Waals surface area contributed by atoms with Crippen LogP contribution in [0.3, 0.4) is 0 Å². The predicted molar refractivity (Wildman–Crippen MR) is 109 cm³/mol. The topological polar surface area (TPSA) is 75.7 Å². The van der Waals surface area contributed by atoms with E-state index in [1.54, 1.807) is 43.0 Å². The second-order valence-electron chi connectivity index (χ2n) is 6.45. The number of fused-ring (bicyclic) bond motifs is 1. The van der Waals surface area contributed by atoms with Crippen molar-refractivity contribution in [1.82, 2.24) is 0 Å². The molecular formula is C21H22N2O4S. The molecule has 2 amide bonds. The van der Waals surface area contributed by atoms with E-state index >= 15 is 0 Å². The van der Waals surface area contributed by atoms with Gasteiger partial charge in [0.2, 0.25) is 5.91 Å². The van der Waals surface area contributed by atoms with Crippen LogP contribution >= 0.6 is 11.8 Å². The third kappa shape index (κ3) is 5.13. The summed E-state index contributed by atoms with van der Waals surface area (Å²) in [5, 5.41) is 2.80. The lowest BCUT2D eigenvalue weighted by Gasteiger charge is -2.27. The van der Waals surface area contributed by atoms with Crippen molar-refractivity contribution in [2.75, 3.05) is 22.6 Å². The summed E-state index contributed by atoms with van der Waals surface area (Å²) in [6, 6.07) is 16.6. The number of carbonyl (C=O) groups is 3. The average molecular weight is 398 g/mol. The molecule has 0 fully saturated rings. The van der Waals surface area contributed by atoms with Crippen molar-refractivity contribution in [1.29, 1.82) is 0 Å². The van der Waals surface area contributed by atoms with E-state index in [0.29, 0.717) is 17.1 Å². The molecule has 0 spiro atoms. The predicted octanol–water partition coefficient (Wildman–Crippen LogP) is 3.48. The largest absolute Gasteiger partial charge is 0.456 e. The number of para-hydroxylation sites is 2. The number of thioether (sulfide) groups is 1. The molecule has 1 N–H and O–H groups in total. The summed E-state index contributed by atoms with van der Waals surface area (Å²) >= 11 is 1.56. The Labute approximate surface area is 168 Å². The number of carbonyl (C=O) groups excluding carboxylic acids is 3. The van der Waals surface area contributed by atoms with E-state index in [1.807, 2.05) is 30.3 Å². The summed E-state index contributed by atoms with van der Waals surface area (Å²) in [7, 11) is 0. The Kier molecular flexibility index (Phi) is 6.71. The number of rotatable bonds is 6. The van der Waals surface area contributed by atoms with Gasteiger partial charge < -0.3 is 15.0 Å². The fourth-order valence-electron chi connectivity index (χ4n) is 3.02. The normalized spacial score (nSPS) is 16.0. The summed E-state index contributed by atoms with van der Waals surface area (Å²) in [5.74, 6) is -0.328. The molecule has 1 atom stereocenters. The first kappa shape index (κ1) is 19.9. The molecule has 0 bridgehead atoms. The molecule has 0 unspecified atom stereocenters. The van der Waals surface area contributed by atoms with E-state index in [9.17, 15) is 14.4 Å². The fourth-order valence-corrected chi connectivity index (χ4v) is 3.87. The molecule has 0 aromatic heterocycles. The van der Waals surface area contributed by atoms with Gasteiger partial charge in [0.15, 0.2) is 6.61 Å². The molecule has 1 heterocycles. The lowest BCUT2D eigenvalue weighted by atomic mass is 10.1. The van der Waals surface area contributed by atoms with Crippen molar-refractivity contribution in [2.24, 2.45) is 0 Å². The lowest BCUT2D eigenvalue weighted by molar-refractivity contribution is -0.147. The maximum absolute atomic E-state index is 12.7. The second kappa shape index (κ2) is 9.41. The van der Waals surface area contributed by atoms with Crippen LogP contribution in [0, 0.1) is 0 Å². The number of nitrogens with zero attached hydrogens (tertiary/aromatic N) is 1. The van der Waals surface area contributed by atoms with Crippen LogP contribution in [0.1, 0.15) is 19.8 Å². The molecule has 0 radical (unpaired) electrons.